The lowest BCUT2D eigenvalue weighted by molar-refractivity contribution is 0.101. The molecule has 0 aromatic heterocycles. The fourth-order valence-corrected chi connectivity index (χ4v) is 3.27. The number of Topliss-reactive ketones (excluding diaryl/α,β-unsaturated/α-hetero) is 1. The van der Waals surface area contributed by atoms with Gasteiger partial charge in [-0.25, -0.2) is 0 Å². The fourth-order valence-electron chi connectivity index (χ4n) is 2.06. The topological polar surface area (TPSA) is 43.4 Å². The van der Waals surface area contributed by atoms with Crippen molar-refractivity contribution in [3.63, 3.8) is 0 Å². The number of hydrogen-bond acceptors (Lipinski definition) is 3. The third-order valence-electron chi connectivity index (χ3n) is 3.09. The van der Waals surface area contributed by atoms with Crippen LogP contribution in [-0.2, 0) is 10.8 Å². The van der Waals surface area contributed by atoms with Crippen LogP contribution in [0.25, 0.3) is 0 Å². The molecule has 0 heterocycles. The van der Waals surface area contributed by atoms with Gasteiger partial charge < -0.3 is 4.74 Å². The summed E-state index contributed by atoms with van der Waals surface area (Å²) in [5.74, 6) is 0.349. The number of para-hydroxylation sites is 1. The molecule has 0 N–H and O–H groups in total. The average Bonchev–Trinajstić information content (AvgIpc) is 2.48. The van der Waals surface area contributed by atoms with Gasteiger partial charge in [-0.1, -0.05) is 30.3 Å². The van der Waals surface area contributed by atoms with E-state index >= 15 is 0 Å². The lowest BCUT2D eigenvalue weighted by atomic mass is 10.1. The first-order valence-corrected chi connectivity index (χ1v) is 8.14. The van der Waals surface area contributed by atoms with Crippen molar-refractivity contribution in [3.8, 4) is 5.75 Å². The van der Waals surface area contributed by atoms with Gasteiger partial charge in [0.25, 0.3) is 0 Å². The van der Waals surface area contributed by atoms with Crippen LogP contribution in [0, 0.1) is 6.92 Å². The van der Waals surface area contributed by atoms with Crippen molar-refractivity contribution in [2.45, 2.75) is 18.7 Å². The Morgan fingerprint density at radius 3 is 2.48 bits per heavy atom. The van der Waals surface area contributed by atoms with Crippen LogP contribution in [-0.4, -0.2) is 22.4 Å². The molecule has 0 aliphatic carbocycles. The second-order valence-corrected chi connectivity index (χ2v) is 6.03. The summed E-state index contributed by atoms with van der Waals surface area (Å²) in [5, 5.41) is 0. The summed E-state index contributed by atoms with van der Waals surface area (Å²) in [6.45, 7) is 4.25. The quantitative estimate of drug-likeness (QED) is 0.768. The van der Waals surface area contributed by atoms with Gasteiger partial charge >= 0.3 is 0 Å². The number of aryl methyl sites for hydroxylation is 1. The third kappa shape index (κ3) is 3.79. The molecule has 0 bridgehead atoms. The Morgan fingerprint density at radius 1 is 1.10 bits per heavy atom. The second-order valence-electron chi connectivity index (χ2n) is 4.61. The van der Waals surface area contributed by atoms with Crippen molar-refractivity contribution in [2.24, 2.45) is 0 Å². The molecule has 0 aliphatic rings. The molecule has 1 atom stereocenters. The lowest BCUT2D eigenvalue weighted by Crippen LogP contribution is -2.13. The van der Waals surface area contributed by atoms with Crippen LogP contribution in [0.3, 0.4) is 0 Å². The van der Waals surface area contributed by atoms with E-state index in [-0.39, 0.29) is 11.5 Å². The number of hydrogen-bond donors (Lipinski definition) is 0. The Kier molecular flexibility index (Phi) is 5.28. The molecule has 2 rings (SSSR count). The summed E-state index contributed by atoms with van der Waals surface area (Å²) in [7, 11) is -1.34. The van der Waals surface area contributed by atoms with Crippen molar-refractivity contribution < 1.29 is 13.7 Å². The van der Waals surface area contributed by atoms with Gasteiger partial charge in [0.05, 0.1) is 28.7 Å². The number of benzene rings is 2. The molecule has 0 saturated carbocycles. The maximum atomic E-state index is 12.4. The zero-order valence-electron chi connectivity index (χ0n) is 12.2. The number of rotatable bonds is 6. The van der Waals surface area contributed by atoms with E-state index in [1.165, 1.54) is 0 Å². The third-order valence-corrected chi connectivity index (χ3v) is 4.56. The Balaban J connectivity index is 2.19. The molecule has 2 aromatic rings. The summed E-state index contributed by atoms with van der Waals surface area (Å²) in [5.41, 5.74) is 1.42. The first-order valence-electron chi connectivity index (χ1n) is 6.82. The minimum Gasteiger partial charge on any atom is -0.493 e. The first kappa shape index (κ1) is 15.4. The van der Waals surface area contributed by atoms with Gasteiger partial charge in [-0.05, 0) is 37.6 Å². The highest BCUT2D eigenvalue weighted by atomic mass is 32.2. The van der Waals surface area contributed by atoms with Crippen LogP contribution in [0.15, 0.2) is 53.4 Å². The van der Waals surface area contributed by atoms with Gasteiger partial charge in [0, 0.05) is 4.90 Å². The van der Waals surface area contributed by atoms with E-state index in [1.807, 2.05) is 38.1 Å². The Bertz CT molecular complexity index is 665. The average molecular weight is 302 g/mol. The van der Waals surface area contributed by atoms with E-state index < -0.39 is 10.8 Å². The molecule has 2 aromatic carbocycles. The molecule has 4 heteroatoms. The van der Waals surface area contributed by atoms with Crippen molar-refractivity contribution >= 4 is 16.6 Å². The van der Waals surface area contributed by atoms with E-state index in [9.17, 15) is 9.00 Å². The maximum absolute atomic E-state index is 12.4. The summed E-state index contributed by atoms with van der Waals surface area (Å²) in [6.07, 6.45) is 0. The van der Waals surface area contributed by atoms with E-state index in [0.29, 0.717) is 22.8 Å². The first-order chi connectivity index (χ1) is 10.1. The molecule has 3 nitrogen and oxygen atoms in total. The highest BCUT2D eigenvalue weighted by Gasteiger charge is 2.17. The zero-order valence-corrected chi connectivity index (χ0v) is 13.0. The van der Waals surface area contributed by atoms with Gasteiger partial charge in [-0.2, -0.15) is 0 Å². The summed E-state index contributed by atoms with van der Waals surface area (Å²) < 4.78 is 17.8. The van der Waals surface area contributed by atoms with Crippen molar-refractivity contribution in [1.82, 2.24) is 0 Å². The van der Waals surface area contributed by atoms with E-state index in [2.05, 4.69) is 0 Å². The van der Waals surface area contributed by atoms with Gasteiger partial charge in [-0.15, -0.1) is 0 Å². The molecule has 0 spiro atoms. The molecule has 0 amide bonds. The normalized spacial score (nSPS) is 11.9. The molecular weight excluding hydrogens is 284 g/mol. The van der Waals surface area contributed by atoms with Gasteiger partial charge in [0.2, 0.25) is 0 Å². The van der Waals surface area contributed by atoms with Crippen LogP contribution < -0.4 is 4.74 Å². The standard InChI is InChI=1S/C17H18O3S/c1-3-20-16-10-6-5-9-14(16)15(18)12-21(19)17-11-7-4-8-13(17)2/h4-11H,3,12H2,1-2H3. The number of ketones is 1. The molecule has 0 aliphatic heterocycles. The number of carbonyl (C=O) groups is 1. The Hall–Kier alpha value is -1.94. The summed E-state index contributed by atoms with van der Waals surface area (Å²) in [6, 6.07) is 14.5. The summed E-state index contributed by atoms with van der Waals surface area (Å²) in [4.78, 5) is 13.1. The number of ether oxygens (including phenoxy) is 1. The molecule has 21 heavy (non-hydrogen) atoms. The molecule has 1 unspecified atom stereocenters. The predicted octanol–water partition coefficient (Wildman–Crippen LogP) is 3.38. The summed E-state index contributed by atoms with van der Waals surface area (Å²) >= 11 is 0. The van der Waals surface area contributed by atoms with Crippen LogP contribution in [0.4, 0.5) is 0 Å². The zero-order chi connectivity index (χ0) is 15.2. The minimum absolute atomic E-state index is 0.0328. The largest absolute Gasteiger partial charge is 0.493 e. The SMILES string of the molecule is CCOc1ccccc1C(=O)CS(=O)c1ccccc1C. The van der Waals surface area contributed by atoms with Crippen LogP contribution in [0.5, 0.6) is 5.75 Å². The van der Waals surface area contributed by atoms with E-state index in [1.54, 1.807) is 24.3 Å². The fraction of sp³-hybridized carbons (Fsp3) is 0.235. The molecule has 110 valence electrons. The predicted molar refractivity (Wildman–Crippen MR) is 84.4 cm³/mol. The number of carbonyl (C=O) groups excluding carboxylic acids is 1. The molecular formula is C17H18O3S. The van der Waals surface area contributed by atoms with E-state index in [4.69, 9.17) is 4.74 Å². The van der Waals surface area contributed by atoms with Crippen LogP contribution in [0.1, 0.15) is 22.8 Å². The highest BCUT2D eigenvalue weighted by molar-refractivity contribution is 7.85. The smallest absolute Gasteiger partial charge is 0.179 e. The highest BCUT2D eigenvalue weighted by Crippen LogP contribution is 2.20. The van der Waals surface area contributed by atoms with Crippen molar-refractivity contribution in [1.29, 1.82) is 0 Å². The maximum Gasteiger partial charge on any atom is 0.179 e. The monoisotopic (exact) mass is 302 g/mol. The lowest BCUT2D eigenvalue weighted by Gasteiger charge is -2.09. The van der Waals surface area contributed by atoms with Gasteiger partial charge in [-0.3, -0.25) is 9.00 Å². The molecule has 0 fully saturated rings. The van der Waals surface area contributed by atoms with Crippen LogP contribution in [0.2, 0.25) is 0 Å². The van der Waals surface area contributed by atoms with Crippen molar-refractivity contribution in [3.05, 3.63) is 59.7 Å². The molecule has 0 saturated heterocycles. The van der Waals surface area contributed by atoms with E-state index in [0.717, 1.165) is 5.56 Å². The van der Waals surface area contributed by atoms with Gasteiger partial charge in [0.1, 0.15) is 5.75 Å². The van der Waals surface area contributed by atoms with Crippen molar-refractivity contribution in [2.75, 3.05) is 12.4 Å². The molecule has 0 radical (unpaired) electrons. The van der Waals surface area contributed by atoms with Gasteiger partial charge in [0.15, 0.2) is 5.78 Å². The second kappa shape index (κ2) is 7.18. The Morgan fingerprint density at radius 2 is 1.76 bits per heavy atom. The van der Waals surface area contributed by atoms with Crippen LogP contribution >= 0.6 is 0 Å². The Labute approximate surface area is 127 Å². The minimum atomic E-state index is -1.34.